The van der Waals surface area contributed by atoms with Gasteiger partial charge in [-0.2, -0.15) is 0 Å². The zero-order valence-corrected chi connectivity index (χ0v) is 18.8. The molecular weight excluding hydrogens is 438 g/mol. The van der Waals surface area contributed by atoms with Gasteiger partial charge in [-0.1, -0.05) is 6.92 Å². The fourth-order valence-corrected chi connectivity index (χ4v) is 5.05. The second-order valence-corrected chi connectivity index (χ2v) is 8.21. The minimum Gasteiger partial charge on any atom is -0.492 e. The van der Waals surface area contributed by atoms with E-state index in [9.17, 15) is 19.2 Å². The van der Waals surface area contributed by atoms with E-state index in [0.29, 0.717) is 17.1 Å². The van der Waals surface area contributed by atoms with Crippen LogP contribution in [-0.2, 0) is 28.6 Å². The third kappa shape index (κ3) is 3.81. The van der Waals surface area contributed by atoms with Crippen LogP contribution < -0.4 is 19.5 Å². The summed E-state index contributed by atoms with van der Waals surface area (Å²) < 4.78 is 33.1. The Morgan fingerprint density at radius 3 is 2.18 bits per heavy atom. The molecule has 3 aliphatic rings. The molecule has 0 radical (unpaired) electrons. The lowest BCUT2D eigenvalue weighted by Gasteiger charge is -2.50. The molecule has 1 saturated carbocycles. The Balaban J connectivity index is 1.89. The van der Waals surface area contributed by atoms with E-state index in [1.165, 1.54) is 27.9 Å². The summed E-state index contributed by atoms with van der Waals surface area (Å²) in [5, 5.41) is 2.88. The second-order valence-electron chi connectivity index (χ2n) is 8.21. The minimum atomic E-state index is -1.12. The van der Waals surface area contributed by atoms with Gasteiger partial charge in [-0.3, -0.25) is 19.2 Å². The average molecular weight is 463 g/mol. The Kier molecular flexibility index (Phi) is 5.81. The Labute approximate surface area is 189 Å². The van der Waals surface area contributed by atoms with Crippen LogP contribution in [0.5, 0.6) is 17.2 Å². The van der Waals surface area contributed by atoms with Crippen LogP contribution >= 0.6 is 0 Å². The molecule has 11 heteroatoms. The van der Waals surface area contributed by atoms with Crippen molar-refractivity contribution < 1.29 is 47.6 Å². The first-order valence-corrected chi connectivity index (χ1v) is 10.5. The summed E-state index contributed by atoms with van der Waals surface area (Å²) in [6.07, 6.45) is -3.17. The zero-order valence-electron chi connectivity index (χ0n) is 18.8. The van der Waals surface area contributed by atoms with Crippen molar-refractivity contribution in [2.24, 2.45) is 5.92 Å². The van der Waals surface area contributed by atoms with Crippen LogP contribution in [0.1, 0.15) is 49.5 Å². The molecule has 1 fully saturated rings. The molecule has 0 aromatic heterocycles. The minimum absolute atomic E-state index is 0.0273. The van der Waals surface area contributed by atoms with E-state index in [0.717, 1.165) is 0 Å². The van der Waals surface area contributed by atoms with Gasteiger partial charge in [0.25, 0.3) is 5.91 Å². The Morgan fingerprint density at radius 2 is 1.58 bits per heavy atom. The Bertz CT molecular complexity index is 1020. The number of carbonyl (C=O) groups is 4. The van der Waals surface area contributed by atoms with Crippen molar-refractivity contribution in [3.05, 3.63) is 17.2 Å². The number of benzene rings is 1. The van der Waals surface area contributed by atoms with Gasteiger partial charge in [0.2, 0.25) is 12.5 Å². The molecule has 33 heavy (non-hydrogen) atoms. The number of methoxy groups -OCH3 is 1. The van der Waals surface area contributed by atoms with E-state index < -0.39 is 60.0 Å². The van der Waals surface area contributed by atoms with Crippen molar-refractivity contribution >= 4 is 23.8 Å². The number of fused-ring (bicyclic) bond motifs is 4. The maximum Gasteiger partial charge on any atom is 0.303 e. The van der Waals surface area contributed by atoms with Gasteiger partial charge in [0.1, 0.15) is 6.10 Å². The number of ether oxygens (including phenoxy) is 6. The zero-order chi connectivity index (χ0) is 24.0. The van der Waals surface area contributed by atoms with Crippen LogP contribution in [0, 0.1) is 5.92 Å². The molecular formula is C22H25NO10. The molecule has 2 aliphatic heterocycles. The van der Waals surface area contributed by atoms with Crippen molar-refractivity contribution in [3.8, 4) is 17.2 Å². The van der Waals surface area contributed by atoms with Crippen molar-refractivity contribution in [2.75, 3.05) is 13.9 Å². The number of carbonyl (C=O) groups excluding carboxylic acids is 4. The first-order chi connectivity index (χ1) is 15.6. The van der Waals surface area contributed by atoms with Gasteiger partial charge >= 0.3 is 17.9 Å². The molecule has 4 rings (SSSR count). The molecule has 6 atom stereocenters. The summed E-state index contributed by atoms with van der Waals surface area (Å²) in [6.45, 7) is 5.43. The van der Waals surface area contributed by atoms with Gasteiger partial charge in [0.15, 0.2) is 23.7 Å². The van der Waals surface area contributed by atoms with Crippen LogP contribution in [-0.4, -0.2) is 62.1 Å². The lowest BCUT2D eigenvalue weighted by Crippen LogP contribution is -2.66. The third-order valence-electron chi connectivity index (χ3n) is 6.12. The summed E-state index contributed by atoms with van der Waals surface area (Å²) in [4.78, 5) is 49.0. The highest BCUT2D eigenvalue weighted by Gasteiger charge is 2.57. The predicted octanol–water partition coefficient (Wildman–Crippen LogP) is 1.06. The van der Waals surface area contributed by atoms with Gasteiger partial charge in [-0.25, -0.2) is 0 Å². The number of esters is 3. The highest BCUT2D eigenvalue weighted by Crippen LogP contribution is 2.52. The number of rotatable bonds is 4. The van der Waals surface area contributed by atoms with Gasteiger partial charge in [0.05, 0.1) is 18.7 Å². The van der Waals surface area contributed by atoms with Gasteiger partial charge in [-0.05, 0) is 11.6 Å². The molecule has 1 aromatic carbocycles. The van der Waals surface area contributed by atoms with Crippen LogP contribution in [0.3, 0.4) is 0 Å². The van der Waals surface area contributed by atoms with Gasteiger partial charge in [-0.15, -0.1) is 0 Å². The molecule has 1 amide bonds. The molecule has 1 aromatic rings. The Hall–Kier alpha value is -3.50. The van der Waals surface area contributed by atoms with Crippen LogP contribution in [0.2, 0.25) is 0 Å². The summed E-state index contributed by atoms with van der Waals surface area (Å²) >= 11 is 0. The van der Waals surface area contributed by atoms with Crippen LogP contribution in [0.4, 0.5) is 0 Å². The summed E-state index contributed by atoms with van der Waals surface area (Å²) in [5.74, 6) is -2.37. The van der Waals surface area contributed by atoms with Crippen molar-refractivity contribution in [2.45, 2.75) is 58.0 Å². The molecule has 0 saturated heterocycles. The van der Waals surface area contributed by atoms with E-state index >= 15 is 0 Å². The van der Waals surface area contributed by atoms with Gasteiger partial charge in [0, 0.05) is 32.6 Å². The lowest BCUT2D eigenvalue weighted by atomic mass is 9.66. The summed E-state index contributed by atoms with van der Waals surface area (Å²) in [5.41, 5.74) is 0.817. The molecule has 178 valence electrons. The van der Waals surface area contributed by atoms with E-state index in [1.54, 1.807) is 6.07 Å². The smallest absolute Gasteiger partial charge is 0.303 e. The fraction of sp³-hybridized carbons (Fsp3) is 0.545. The standard InChI is InChI=1S/C22H25NO10/c1-8-14-12-6-13-18(30-7-29-13)19(28-5)15(12)22(27)23-16(14)20(32-10(3)25)21(33-11(4)26)17(8)31-9(2)24/h6,8,14,16-17,20-21H,7H2,1-5H3,(H,23,27)/t8-,14-,16-,17+,20+,21-/m1/s1. The number of amides is 1. The van der Waals surface area contributed by atoms with Crippen molar-refractivity contribution in [1.29, 1.82) is 0 Å². The van der Waals surface area contributed by atoms with Crippen molar-refractivity contribution in [1.82, 2.24) is 5.32 Å². The largest absolute Gasteiger partial charge is 0.492 e. The van der Waals surface area contributed by atoms with E-state index in [2.05, 4.69) is 5.32 Å². The molecule has 1 N–H and O–H groups in total. The third-order valence-corrected chi connectivity index (χ3v) is 6.12. The Morgan fingerprint density at radius 1 is 0.970 bits per heavy atom. The maximum absolute atomic E-state index is 13.2. The topological polar surface area (TPSA) is 136 Å². The monoisotopic (exact) mass is 463 g/mol. The molecule has 0 unspecified atom stereocenters. The quantitative estimate of drug-likeness (QED) is 0.510. The highest BCUT2D eigenvalue weighted by molar-refractivity contribution is 6.02. The lowest BCUT2D eigenvalue weighted by molar-refractivity contribution is -0.201. The predicted molar refractivity (Wildman–Crippen MR) is 109 cm³/mol. The molecule has 0 spiro atoms. The molecule has 2 heterocycles. The van der Waals surface area contributed by atoms with Crippen molar-refractivity contribution in [3.63, 3.8) is 0 Å². The maximum atomic E-state index is 13.2. The van der Waals surface area contributed by atoms with E-state index in [1.807, 2.05) is 6.92 Å². The van der Waals surface area contributed by atoms with Crippen LogP contribution in [0.25, 0.3) is 0 Å². The number of hydrogen-bond donors (Lipinski definition) is 1. The fourth-order valence-electron chi connectivity index (χ4n) is 5.05. The normalized spacial score (nSPS) is 29.2. The highest BCUT2D eigenvalue weighted by atomic mass is 16.7. The van der Waals surface area contributed by atoms with E-state index in [-0.39, 0.29) is 18.1 Å². The average Bonchev–Trinajstić information content (AvgIpc) is 3.19. The number of hydrogen-bond acceptors (Lipinski definition) is 10. The first kappa shape index (κ1) is 22.7. The molecule has 11 nitrogen and oxygen atoms in total. The summed E-state index contributed by atoms with van der Waals surface area (Å²) in [6, 6.07) is 0.916. The van der Waals surface area contributed by atoms with E-state index in [4.69, 9.17) is 28.4 Å². The summed E-state index contributed by atoms with van der Waals surface area (Å²) in [7, 11) is 1.42. The second kappa shape index (κ2) is 8.45. The van der Waals surface area contributed by atoms with Crippen LogP contribution in [0.15, 0.2) is 6.07 Å². The van der Waals surface area contributed by atoms with Gasteiger partial charge < -0.3 is 33.7 Å². The number of nitrogens with one attached hydrogen (secondary N) is 1. The SMILES string of the molecule is COc1c2c(cc3c1C(=O)N[C@H]1[C@H](OC(C)=O)[C@H](OC(C)=O)[C@@H](OC(C)=O)[C@H](C)[C@H]31)OCO2. The first-order valence-electron chi connectivity index (χ1n) is 10.5. The molecule has 1 aliphatic carbocycles. The molecule has 0 bridgehead atoms.